The zero-order chi connectivity index (χ0) is 11.7. The van der Waals surface area contributed by atoms with Gasteiger partial charge in [0.1, 0.15) is 5.82 Å². The maximum absolute atomic E-state index is 13.2. The Morgan fingerprint density at radius 3 is 2.75 bits per heavy atom. The standard InChI is InChI=1S/C13H13ClFN/c1-3-4-10-7-12(14)11-6-9(15)5-8(2)13(11)16-10/h5-7H,3-4H2,1-2H3. The highest BCUT2D eigenvalue weighted by Crippen LogP contribution is 2.26. The van der Waals surface area contributed by atoms with Crippen LogP contribution in [0.25, 0.3) is 10.9 Å². The summed E-state index contributed by atoms with van der Waals surface area (Å²) in [5.74, 6) is -0.267. The van der Waals surface area contributed by atoms with Crippen LogP contribution in [0.4, 0.5) is 4.39 Å². The number of hydrogen-bond donors (Lipinski definition) is 0. The predicted octanol–water partition coefficient (Wildman–Crippen LogP) is 4.29. The van der Waals surface area contributed by atoms with Crippen LogP contribution in [-0.2, 0) is 6.42 Å². The second kappa shape index (κ2) is 4.38. The van der Waals surface area contributed by atoms with Gasteiger partial charge in [-0.2, -0.15) is 0 Å². The number of nitrogens with zero attached hydrogens (tertiary/aromatic N) is 1. The SMILES string of the molecule is CCCc1cc(Cl)c2cc(F)cc(C)c2n1. The Kier molecular flexibility index (Phi) is 3.10. The fourth-order valence-electron chi connectivity index (χ4n) is 1.85. The maximum atomic E-state index is 13.2. The molecule has 0 radical (unpaired) electrons. The Morgan fingerprint density at radius 2 is 2.06 bits per heavy atom. The third-order valence-electron chi connectivity index (χ3n) is 2.58. The molecule has 0 unspecified atom stereocenters. The average molecular weight is 238 g/mol. The van der Waals surface area contributed by atoms with Gasteiger partial charge in [-0.15, -0.1) is 0 Å². The van der Waals surface area contributed by atoms with Crippen LogP contribution < -0.4 is 0 Å². The number of pyridine rings is 1. The molecule has 16 heavy (non-hydrogen) atoms. The molecule has 0 fully saturated rings. The van der Waals surface area contributed by atoms with Crippen molar-refractivity contribution in [2.75, 3.05) is 0 Å². The Morgan fingerprint density at radius 1 is 1.31 bits per heavy atom. The van der Waals surface area contributed by atoms with Crippen molar-refractivity contribution in [3.63, 3.8) is 0 Å². The number of halogens is 2. The van der Waals surface area contributed by atoms with E-state index >= 15 is 0 Å². The van der Waals surface area contributed by atoms with E-state index in [9.17, 15) is 4.39 Å². The van der Waals surface area contributed by atoms with Crippen molar-refractivity contribution in [1.29, 1.82) is 0 Å². The summed E-state index contributed by atoms with van der Waals surface area (Å²) in [6.45, 7) is 3.95. The molecule has 0 saturated heterocycles. The zero-order valence-corrected chi connectivity index (χ0v) is 10.1. The van der Waals surface area contributed by atoms with E-state index in [0.29, 0.717) is 10.4 Å². The van der Waals surface area contributed by atoms with Crippen molar-refractivity contribution in [3.8, 4) is 0 Å². The van der Waals surface area contributed by atoms with Gasteiger partial charge in [0.15, 0.2) is 0 Å². The molecule has 0 amide bonds. The van der Waals surface area contributed by atoms with E-state index in [1.165, 1.54) is 12.1 Å². The quantitative estimate of drug-likeness (QED) is 0.759. The predicted molar refractivity (Wildman–Crippen MR) is 65.4 cm³/mol. The first-order chi connectivity index (χ1) is 7.61. The van der Waals surface area contributed by atoms with Crippen LogP contribution in [-0.4, -0.2) is 4.98 Å². The van der Waals surface area contributed by atoms with Crippen LogP contribution in [0.2, 0.25) is 5.02 Å². The molecule has 1 nitrogen and oxygen atoms in total. The number of aromatic nitrogens is 1. The van der Waals surface area contributed by atoms with Gasteiger partial charge >= 0.3 is 0 Å². The molecule has 2 aromatic rings. The number of hydrogen-bond acceptors (Lipinski definition) is 1. The first kappa shape index (κ1) is 11.3. The summed E-state index contributed by atoms with van der Waals surface area (Å²) in [6, 6.07) is 4.75. The minimum absolute atomic E-state index is 0.267. The van der Waals surface area contributed by atoms with Crippen molar-refractivity contribution in [1.82, 2.24) is 4.98 Å². The van der Waals surface area contributed by atoms with Gasteiger partial charge in [0.05, 0.1) is 10.5 Å². The molecule has 3 heteroatoms. The average Bonchev–Trinajstić information content (AvgIpc) is 2.20. The lowest BCUT2D eigenvalue weighted by Gasteiger charge is -2.07. The monoisotopic (exact) mass is 237 g/mol. The van der Waals surface area contributed by atoms with Crippen molar-refractivity contribution in [2.45, 2.75) is 26.7 Å². The summed E-state index contributed by atoms with van der Waals surface area (Å²) in [6.07, 6.45) is 1.92. The molecule has 84 valence electrons. The van der Waals surface area contributed by atoms with Crippen molar-refractivity contribution in [3.05, 3.63) is 40.3 Å². The van der Waals surface area contributed by atoms with Crippen LogP contribution in [0.15, 0.2) is 18.2 Å². The van der Waals surface area contributed by atoms with Crippen molar-refractivity contribution < 1.29 is 4.39 Å². The summed E-state index contributed by atoms with van der Waals surface area (Å²) < 4.78 is 13.2. The van der Waals surface area contributed by atoms with Gasteiger partial charge in [-0.3, -0.25) is 4.98 Å². The van der Waals surface area contributed by atoms with E-state index in [0.717, 1.165) is 29.6 Å². The highest BCUT2D eigenvalue weighted by Gasteiger charge is 2.08. The first-order valence-corrected chi connectivity index (χ1v) is 5.75. The minimum atomic E-state index is -0.267. The summed E-state index contributed by atoms with van der Waals surface area (Å²) in [7, 11) is 0. The third-order valence-corrected chi connectivity index (χ3v) is 2.89. The molecular formula is C13H13ClFN. The number of benzene rings is 1. The van der Waals surface area contributed by atoms with E-state index in [1.807, 2.05) is 13.0 Å². The number of fused-ring (bicyclic) bond motifs is 1. The third kappa shape index (κ3) is 2.03. The van der Waals surface area contributed by atoms with Gasteiger partial charge in [0.25, 0.3) is 0 Å². The van der Waals surface area contributed by atoms with Gasteiger partial charge in [-0.1, -0.05) is 24.9 Å². The maximum Gasteiger partial charge on any atom is 0.124 e. The van der Waals surface area contributed by atoms with Gasteiger partial charge in [-0.05, 0) is 37.1 Å². The van der Waals surface area contributed by atoms with Gasteiger partial charge in [-0.25, -0.2) is 4.39 Å². The van der Waals surface area contributed by atoms with Crippen LogP contribution in [0.1, 0.15) is 24.6 Å². The van der Waals surface area contributed by atoms with E-state index < -0.39 is 0 Å². The smallest absolute Gasteiger partial charge is 0.124 e. The molecule has 1 aromatic carbocycles. The summed E-state index contributed by atoms with van der Waals surface area (Å²) in [5.41, 5.74) is 2.60. The summed E-state index contributed by atoms with van der Waals surface area (Å²) >= 11 is 6.14. The lowest BCUT2D eigenvalue weighted by atomic mass is 10.1. The first-order valence-electron chi connectivity index (χ1n) is 5.37. The molecule has 0 bridgehead atoms. The highest BCUT2D eigenvalue weighted by molar-refractivity contribution is 6.35. The van der Waals surface area contributed by atoms with E-state index in [1.54, 1.807) is 0 Å². The molecule has 0 aliphatic heterocycles. The lowest BCUT2D eigenvalue weighted by Crippen LogP contribution is -1.93. The summed E-state index contributed by atoms with van der Waals surface area (Å²) in [4.78, 5) is 4.52. The van der Waals surface area contributed by atoms with Crippen molar-refractivity contribution >= 4 is 22.5 Å². The highest BCUT2D eigenvalue weighted by atomic mass is 35.5. The van der Waals surface area contributed by atoms with Gasteiger partial charge < -0.3 is 0 Å². The second-order valence-electron chi connectivity index (χ2n) is 3.96. The Labute approximate surface area is 99.3 Å². The van der Waals surface area contributed by atoms with Crippen LogP contribution >= 0.6 is 11.6 Å². The molecule has 0 aliphatic rings. The molecule has 1 aromatic heterocycles. The fraction of sp³-hybridized carbons (Fsp3) is 0.308. The molecule has 1 heterocycles. The van der Waals surface area contributed by atoms with Crippen molar-refractivity contribution in [2.24, 2.45) is 0 Å². The molecule has 0 saturated carbocycles. The Balaban J connectivity index is 2.71. The Bertz CT molecular complexity index is 537. The lowest BCUT2D eigenvalue weighted by molar-refractivity contribution is 0.628. The van der Waals surface area contributed by atoms with E-state index in [4.69, 9.17) is 11.6 Å². The topological polar surface area (TPSA) is 12.9 Å². The van der Waals surface area contributed by atoms with Crippen LogP contribution in [0.5, 0.6) is 0 Å². The number of aryl methyl sites for hydroxylation is 2. The van der Waals surface area contributed by atoms with E-state index in [2.05, 4.69) is 11.9 Å². The molecule has 0 N–H and O–H groups in total. The normalized spacial score (nSPS) is 11.0. The molecule has 0 spiro atoms. The Hall–Kier alpha value is -1.15. The second-order valence-corrected chi connectivity index (χ2v) is 4.37. The zero-order valence-electron chi connectivity index (χ0n) is 9.35. The largest absolute Gasteiger partial charge is 0.252 e. The van der Waals surface area contributed by atoms with Crippen LogP contribution in [0.3, 0.4) is 0 Å². The van der Waals surface area contributed by atoms with Gasteiger partial charge in [0, 0.05) is 11.1 Å². The molecule has 0 aliphatic carbocycles. The number of rotatable bonds is 2. The van der Waals surface area contributed by atoms with Crippen LogP contribution in [0, 0.1) is 12.7 Å². The van der Waals surface area contributed by atoms with Gasteiger partial charge in [0.2, 0.25) is 0 Å². The molecular weight excluding hydrogens is 225 g/mol. The molecule has 2 rings (SSSR count). The fourth-order valence-corrected chi connectivity index (χ4v) is 2.12. The molecule has 0 atom stereocenters. The summed E-state index contributed by atoms with van der Waals surface area (Å²) in [5, 5.41) is 1.27. The van der Waals surface area contributed by atoms with E-state index in [-0.39, 0.29) is 5.82 Å². The minimum Gasteiger partial charge on any atom is -0.252 e.